The monoisotopic (exact) mass is 279 g/mol. The number of rotatable bonds is 7. The van der Waals surface area contributed by atoms with Gasteiger partial charge in [0, 0.05) is 13.2 Å². The molecule has 0 saturated heterocycles. The highest BCUT2D eigenvalue weighted by atomic mass is 16.5. The minimum absolute atomic E-state index is 0.181. The van der Waals surface area contributed by atoms with E-state index >= 15 is 0 Å². The van der Waals surface area contributed by atoms with Crippen molar-refractivity contribution in [2.24, 2.45) is 0 Å². The third-order valence-corrected chi connectivity index (χ3v) is 2.51. The normalized spacial score (nSPS) is 13.9. The molecule has 0 aliphatic rings. The van der Waals surface area contributed by atoms with E-state index in [1.165, 1.54) is 13.2 Å². The van der Waals surface area contributed by atoms with Gasteiger partial charge in [-0.2, -0.15) is 0 Å². The van der Waals surface area contributed by atoms with Gasteiger partial charge in [0.25, 0.3) is 0 Å². The van der Waals surface area contributed by atoms with Crippen LogP contribution in [0, 0.1) is 0 Å². The molecule has 0 radical (unpaired) electrons. The lowest BCUT2D eigenvalue weighted by Crippen LogP contribution is -2.49. The largest absolute Gasteiger partial charge is 0.480 e. The molecule has 6 nitrogen and oxygen atoms in total. The highest BCUT2D eigenvalue weighted by Crippen LogP contribution is 2.01. The maximum absolute atomic E-state index is 11.6. The maximum atomic E-state index is 11.6. The first kappa shape index (κ1) is 15.9. The smallest absolute Gasteiger partial charge is 0.329 e. The van der Waals surface area contributed by atoms with E-state index in [-0.39, 0.29) is 6.61 Å². The fourth-order valence-electron chi connectivity index (χ4n) is 1.53. The van der Waals surface area contributed by atoms with Gasteiger partial charge >= 0.3 is 5.97 Å². The Bertz CT molecular complexity index is 472. The topological polar surface area (TPSA) is 95.9 Å². The second-order valence-electron chi connectivity index (χ2n) is 4.09. The average Bonchev–Trinajstić information content (AvgIpc) is 2.43. The second kappa shape index (κ2) is 8.08. The Labute approximate surface area is 116 Å². The number of hydrogen-bond donors (Lipinski definition) is 3. The lowest BCUT2D eigenvalue weighted by Gasteiger charge is -2.18. The fraction of sp³-hybridized carbons (Fsp3) is 0.286. The van der Waals surface area contributed by atoms with E-state index in [9.17, 15) is 14.7 Å². The van der Waals surface area contributed by atoms with Crippen LogP contribution in [0.2, 0.25) is 0 Å². The molecule has 0 bridgehead atoms. The van der Waals surface area contributed by atoms with Crippen LogP contribution < -0.4 is 5.32 Å². The Balaban J connectivity index is 2.63. The zero-order valence-corrected chi connectivity index (χ0v) is 11.0. The first-order valence-electron chi connectivity index (χ1n) is 5.98. The van der Waals surface area contributed by atoms with Gasteiger partial charge in [-0.1, -0.05) is 30.3 Å². The molecule has 108 valence electrons. The molecular formula is C14H17NO5. The van der Waals surface area contributed by atoms with Crippen molar-refractivity contribution < 1.29 is 24.5 Å². The van der Waals surface area contributed by atoms with Gasteiger partial charge in [-0.05, 0) is 11.6 Å². The van der Waals surface area contributed by atoms with E-state index in [1.807, 2.05) is 18.2 Å². The summed E-state index contributed by atoms with van der Waals surface area (Å²) in [6.45, 7) is -0.181. The van der Waals surface area contributed by atoms with Crippen molar-refractivity contribution in [3.63, 3.8) is 0 Å². The molecule has 0 saturated carbocycles. The molecular weight excluding hydrogens is 262 g/mol. The van der Waals surface area contributed by atoms with Crippen molar-refractivity contribution >= 4 is 18.0 Å². The molecule has 0 aliphatic carbocycles. The Kier molecular flexibility index (Phi) is 6.42. The van der Waals surface area contributed by atoms with Gasteiger partial charge in [-0.15, -0.1) is 0 Å². The van der Waals surface area contributed by atoms with Crippen LogP contribution in [0.3, 0.4) is 0 Å². The minimum Gasteiger partial charge on any atom is -0.480 e. The number of nitrogens with one attached hydrogen (secondary N) is 1. The van der Waals surface area contributed by atoms with Gasteiger partial charge in [0.15, 0.2) is 6.04 Å². The number of carbonyl (C=O) groups excluding carboxylic acids is 1. The van der Waals surface area contributed by atoms with Crippen LogP contribution in [0.5, 0.6) is 0 Å². The predicted molar refractivity (Wildman–Crippen MR) is 72.9 cm³/mol. The Morgan fingerprint density at radius 2 is 2.00 bits per heavy atom. The number of hydrogen-bond acceptors (Lipinski definition) is 4. The minimum atomic E-state index is -1.41. The van der Waals surface area contributed by atoms with Crippen LogP contribution in [0.25, 0.3) is 6.08 Å². The van der Waals surface area contributed by atoms with Crippen molar-refractivity contribution in [1.29, 1.82) is 0 Å². The van der Waals surface area contributed by atoms with Crippen LogP contribution >= 0.6 is 0 Å². The van der Waals surface area contributed by atoms with Crippen LogP contribution in [0.4, 0.5) is 0 Å². The van der Waals surface area contributed by atoms with Crippen molar-refractivity contribution in [3.05, 3.63) is 42.0 Å². The summed E-state index contributed by atoms with van der Waals surface area (Å²) in [6.07, 6.45) is 1.45. The number of carboxylic acids is 1. The molecule has 0 heterocycles. The van der Waals surface area contributed by atoms with Crippen molar-refractivity contribution in [2.45, 2.75) is 12.1 Å². The van der Waals surface area contributed by atoms with E-state index in [0.29, 0.717) is 0 Å². The summed E-state index contributed by atoms with van der Waals surface area (Å²) >= 11 is 0. The Morgan fingerprint density at radius 1 is 1.35 bits per heavy atom. The van der Waals surface area contributed by atoms with Crippen molar-refractivity contribution in [2.75, 3.05) is 13.7 Å². The fourth-order valence-corrected chi connectivity index (χ4v) is 1.53. The molecule has 0 fully saturated rings. The number of methoxy groups -OCH3 is 1. The third-order valence-electron chi connectivity index (χ3n) is 2.51. The number of aliphatic hydroxyl groups excluding tert-OH is 1. The number of ether oxygens (including phenoxy) is 1. The van der Waals surface area contributed by atoms with Gasteiger partial charge in [-0.25, -0.2) is 4.79 Å². The predicted octanol–water partition coefficient (Wildman–Crippen LogP) is 0.276. The molecule has 20 heavy (non-hydrogen) atoms. The summed E-state index contributed by atoms with van der Waals surface area (Å²) in [5.41, 5.74) is 0.812. The number of aliphatic carboxylic acids is 1. The Morgan fingerprint density at radius 3 is 2.55 bits per heavy atom. The molecule has 6 heteroatoms. The summed E-state index contributed by atoms with van der Waals surface area (Å²) in [5, 5.41) is 20.7. The molecule has 0 aliphatic heterocycles. The van der Waals surface area contributed by atoms with Crippen molar-refractivity contribution in [1.82, 2.24) is 5.32 Å². The summed E-state index contributed by atoms with van der Waals surface area (Å²) in [7, 11) is 1.33. The molecule has 0 unspecified atom stereocenters. The summed E-state index contributed by atoms with van der Waals surface area (Å²) < 4.78 is 4.66. The summed E-state index contributed by atoms with van der Waals surface area (Å²) in [5.74, 6) is -1.92. The highest BCUT2D eigenvalue weighted by molar-refractivity contribution is 5.94. The standard InChI is InChI=1S/C14H17NO5/c1-20-9-11(16)13(14(18)19)15-12(17)8-7-10-5-3-2-4-6-10/h2-8,11,13,16H,9H2,1H3,(H,15,17)(H,18,19)/b8-7+/t11-,13+/m0/s1. The Hall–Kier alpha value is -2.18. The summed E-state index contributed by atoms with van der Waals surface area (Å²) in [6, 6.07) is 7.68. The van der Waals surface area contributed by atoms with E-state index in [4.69, 9.17) is 5.11 Å². The SMILES string of the molecule is COC[C@H](O)[C@@H](NC(=O)/C=C/c1ccccc1)C(=O)O. The van der Waals surface area contributed by atoms with Crippen LogP contribution in [-0.4, -0.2) is 48.0 Å². The average molecular weight is 279 g/mol. The number of carbonyl (C=O) groups is 2. The third kappa shape index (κ3) is 5.21. The maximum Gasteiger partial charge on any atom is 0.329 e. The van der Waals surface area contributed by atoms with Crippen LogP contribution in [0.1, 0.15) is 5.56 Å². The van der Waals surface area contributed by atoms with Gasteiger partial charge in [0.1, 0.15) is 6.10 Å². The number of benzene rings is 1. The van der Waals surface area contributed by atoms with E-state index in [2.05, 4.69) is 10.1 Å². The first-order chi connectivity index (χ1) is 9.54. The quantitative estimate of drug-likeness (QED) is 0.623. The molecule has 0 aromatic heterocycles. The van der Waals surface area contributed by atoms with Gasteiger partial charge in [0.2, 0.25) is 5.91 Å². The molecule has 0 spiro atoms. The van der Waals surface area contributed by atoms with E-state index in [0.717, 1.165) is 5.56 Å². The van der Waals surface area contributed by atoms with Crippen LogP contribution in [-0.2, 0) is 14.3 Å². The number of aliphatic hydroxyl groups is 1. The van der Waals surface area contributed by atoms with E-state index < -0.39 is 24.0 Å². The van der Waals surface area contributed by atoms with Gasteiger partial charge in [-0.3, -0.25) is 4.79 Å². The molecule has 1 aromatic rings. The molecule has 2 atom stereocenters. The lowest BCUT2D eigenvalue weighted by atomic mass is 10.1. The molecule has 1 amide bonds. The number of amides is 1. The van der Waals surface area contributed by atoms with Gasteiger partial charge in [0.05, 0.1) is 6.61 Å². The van der Waals surface area contributed by atoms with Crippen LogP contribution in [0.15, 0.2) is 36.4 Å². The zero-order valence-electron chi connectivity index (χ0n) is 11.0. The van der Waals surface area contributed by atoms with Crippen molar-refractivity contribution in [3.8, 4) is 0 Å². The summed E-state index contributed by atoms with van der Waals surface area (Å²) in [4.78, 5) is 22.6. The zero-order chi connectivity index (χ0) is 15.0. The van der Waals surface area contributed by atoms with E-state index in [1.54, 1.807) is 18.2 Å². The molecule has 1 rings (SSSR count). The highest BCUT2D eigenvalue weighted by Gasteiger charge is 2.27. The van der Waals surface area contributed by atoms with Gasteiger partial charge < -0.3 is 20.3 Å². The first-order valence-corrected chi connectivity index (χ1v) is 5.98. The second-order valence-corrected chi connectivity index (χ2v) is 4.09. The molecule has 3 N–H and O–H groups in total. The lowest BCUT2D eigenvalue weighted by molar-refractivity contribution is -0.145. The number of carboxylic acid groups (broad SMARTS) is 1. The molecule has 1 aromatic carbocycles.